The van der Waals surface area contributed by atoms with Gasteiger partial charge in [0.05, 0.1) is 28.3 Å². The molecular formula is C47H40F4N9+3. The van der Waals surface area contributed by atoms with Crippen LogP contribution in [0.15, 0.2) is 97.8 Å². The van der Waals surface area contributed by atoms with Crippen molar-refractivity contribution >= 4 is 52.1 Å². The van der Waals surface area contributed by atoms with Crippen molar-refractivity contribution in [2.75, 3.05) is 18.4 Å². The Morgan fingerprint density at radius 2 is 0.817 bits per heavy atom. The third-order valence-electron chi connectivity index (χ3n) is 10.8. The van der Waals surface area contributed by atoms with Gasteiger partial charge in [-0.15, -0.1) is 0 Å². The van der Waals surface area contributed by atoms with Crippen LogP contribution in [0.3, 0.4) is 0 Å². The second-order valence-electron chi connectivity index (χ2n) is 14.8. The molecule has 9 rings (SSSR count). The van der Waals surface area contributed by atoms with Crippen molar-refractivity contribution < 1.29 is 31.3 Å². The topological polar surface area (TPSA) is 107 Å². The maximum absolute atomic E-state index is 16.5. The van der Waals surface area contributed by atoms with Gasteiger partial charge in [0.2, 0.25) is 0 Å². The van der Waals surface area contributed by atoms with E-state index in [-0.39, 0.29) is 29.9 Å². The summed E-state index contributed by atoms with van der Waals surface area (Å²) in [5.74, 6) is -6.25. The van der Waals surface area contributed by atoms with Gasteiger partial charge < -0.3 is 21.0 Å². The number of aryl methyl sites for hydroxylation is 3. The van der Waals surface area contributed by atoms with E-state index in [9.17, 15) is 0 Å². The highest BCUT2D eigenvalue weighted by molar-refractivity contribution is 5.99. The molecule has 0 saturated carbocycles. The number of nitrogens with zero attached hydrogens (tertiary/aromatic N) is 5. The Balaban J connectivity index is 1.45. The van der Waals surface area contributed by atoms with Crippen molar-refractivity contribution in [2.45, 2.75) is 6.42 Å². The molecule has 0 atom stereocenters. The molecule has 298 valence electrons. The van der Waals surface area contributed by atoms with Crippen LogP contribution in [0.2, 0.25) is 0 Å². The van der Waals surface area contributed by atoms with Gasteiger partial charge >= 0.3 is 0 Å². The minimum Gasteiger partial charge on any atom is -0.380 e. The predicted molar refractivity (Wildman–Crippen MR) is 226 cm³/mol. The summed E-state index contributed by atoms with van der Waals surface area (Å²) in [6, 6.07) is 19.2. The zero-order chi connectivity index (χ0) is 41.7. The van der Waals surface area contributed by atoms with E-state index in [1.807, 2.05) is 133 Å². The third kappa shape index (κ3) is 6.82. The second kappa shape index (κ2) is 15.5. The number of anilines is 1. The molecule has 60 heavy (non-hydrogen) atoms. The smallest absolute Gasteiger partial charge is 0.185 e. The monoisotopic (exact) mass is 806 g/mol. The number of H-pyrrole nitrogens is 2. The van der Waals surface area contributed by atoms with Gasteiger partial charge in [-0.1, -0.05) is 0 Å². The zero-order valence-electron chi connectivity index (χ0n) is 33.0. The minimum absolute atomic E-state index is 0.0143. The first-order valence-corrected chi connectivity index (χ1v) is 19.4. The lowest BCUT2D eigenvalue weighted by atomic mass is 10.0. The Bertz CT molecular complexity index is 2980. The highest BCUT2D eigenvalue weighted by Gasteiger charge is 2.30. The summed E-state index contributed by atoms with van der Waals surface area (Å²) >= 11 is 0. The van der Waals surface area contributed by atoms with Crippen LogP contribution < -0.4 is 24.8 Å². The van der Waals surface area contributed by atoms with Gasteiger partial charge in [-0.2, -0.15) is 0 Å². The Kier molecular flexibility index (Phi) is 9.88. The Morgan fingerprint density at radius 3 is 1.17 bits per heavy atom. The van der Waals surface area contributed by atoms with Crippen LogP contribution in [0.25, 0.3) is 90.9 Å². The number of fused-ring (bicyclic) bond motifs is 8. The molecule has 0 amide bonds. The van der Waals surface area contributed by atoms with Crippen LogP contribution in [0, 0.1) is 23.3 Å². The van der Waals surface area contributed by atoms with Gasteiger partial charge in [-0.05, 0) is 78.2 Å². The fraction of sp³-hybridized carbons (Fsp3) is 0.128. The lowest BCUT2D eigenvalue weighted by Crippen LogP contribution is -2.25. The number of hydrogen-bond donors (Lipinski definition) is 4. The van der Waals surface area contributed by atoms with E-state index < -0.39 is 34.5 Å². The summed E-state index contributed by atoms with van der Waals surface area (Å²) in [6.07, 6.45) is 19.2. The summed E-state index contributed by atoms with van der Waals surface area (Å²) < 4.78 is 70.7. The molecule has 5 N–H and O–H groups in total. The fourth-order valence-corrected chi connectivity index (χ4v) is 7.70. The predicted octanol–water partition coefficient (Wildman–Crippen LogP) is 8.11. The van der Waals surface area contributed by atoms with Crippen LogP contribution >= 0.6 is 0 Å². The number of nitrogens with one attached hydrogen (secondary N) is 3. The van der Waals surface area contributed by atoms with Crippen molar-refractivity contribution in [2.24, 2.45) is 26.9 Å². The standard InChI is InChI=1S/C47H39F4N9/c1-58-21-13-27(14-22-58)38-30-5-7-32(54-30)39(28-15-23-59(2)24-16-28)34-9-11-36(56-34)41(42-43(48)45(50)47(46(51)44(42)49)53-20-4-19-52)37-12-10-35(57-37)40(33-8-6-31(38)55-33)29-17-25-60(3)26-18-29/h5-18,21-26H,4,19-20,52H2,1-3H3,(H2,53,54,55,56,57)/q+2/p+1. The minimum atomic E-state index is -1.57. The van der Waals surface area contributed by atoms with Gasteiger partial charge in [0.15, 0.2) is 60.4 Å². The zero-order valence-corrected chi connectivity index (χ0v) is 33.0. The van der Waals surface area contributed by atoms with Crippen LogP contribution in [0.4, 0.5) is 23.2 Å². The molecule has 0 fully saturated rings. The summed E-state index contributed by atoms with van der Waals surface area (Å²) in [6.45, 7) is 0.232. The van der Waals surface area contributed by atoms with Crippen molar-refractivity contribution in [1.82, 2.24) is 19.9 Å². The van der Waals surface area contributed by atoms with Gasteiger partial charge in [0.1, 0.15) is 26.8 Å². The summed E-state index contributed by atoms with van der Waals surface area (Å²) in [5, 5.41) is 2.48. The molecule has 8 heterocycles. The van der Waals surface area contributed by atoms with Crippen molar-refractivity contribution in [3.8, 4) is 44.5 Å². The molecule has 7 aromatic rings. The molecule has 0 aliphatic carbocycles. The van der Waals surface area contributed by atoms with Gasteiger partial charge in [-0.3, -0.25) is 0 Å². The van der Waals surface area contributed by atoms with Gasteiger partial charge in [0.25, 0.3) is 0 Å². The average molecular weight is 807 g/mol. The molecule has 13 heteroatoms. The number of aromatic amines is 2. The largest absolute Gasteiger partial charge is 0.380 e. The summed E-state index contributed by atoms with van der Waals surface area (Å²) in [7, 11) is 5.78. The lowest BCUT2D eigenvalue weighted by molar-refractivity contribution is -0.671. The normalized spacial score (nSPS) is 12.1. The fourth-order valence-electron chi connectivity index (χ4n) is 7.70. The molecule has 0 unspecified atom stereocenters. The first-order valence-electron chi connectivity index (χ1n) is 19.4. The van der Waals surface area contributed by atoms with Gasteiger partial charge in [-0.25, -0.2) is 41.2 Å². The highest BCUT2D eigenvalue weighted by Crippen LogP contribution is 2.41. The van der Waals surface area contributed by atoms with E-state index in [0.717, 1.165) is 27.8 Å². The molecule has 2 aliphatic rings. The molecule has 0 saturated heterocycles. The number of pyridine rings is 3. The first-order chi connectivity index (χ1) is 29.1. The number of aromatic nitrogens is 7. The van der Waals surface area contributed by atoms with Crippen LogP contribution in [0.1, 0.15) is 29.2 Å². The quantitative estimate of drug-likeness (QED) is 0.0539. The summed E-state index contributed by atoms with van der Waals surface area (Å²) in [4.78, 5) is 17.2. The Hall–Kier alpha value is -7.25. The van der Waals surface area contributed by atoms with Crippen molar-refractivity contribution in [3.05, 3.63) is 144 Å². The number of halogens is 4. The number of rotatable bonds is 8. The van der Waals surface area contributed by atoms with E-state index in [0.29, 0.717) is 45.7 Å². The number of nitrogens with two attached hydrogens (primary N) is 1. The Labute approximate surface area is 342 Å². The maximum Gasteiger partial charge on any atom is 0.185 e. The molecule has 8 bridgehead atoms. The first kappa shape index (κ1) is 38.3. The molecule has 1 aromatic carbocycles. The Morgan fingerprint density at radius 1 is 0.483 bits per heavy atom. The lowest BCUT2D eigenvalue weighted by Gasteiger charge is -2.14. The molecular weight excluding hydrogens is 767 g/mol. The van der Waals surface area contributed by atoms with E-state index in [1.54, 1.807) is 24.3 Å². The van der Waals surface area contributed by atoms with Gasteiger partial charge in [0, 0.05) is 87.3 Å². The summed E-state index contributed by atoms with van der Waals surface area (Å²) in [5.41, 5.74) is 12.4. The van der Waals surface area contributed by atoms with E-state index in [4.69, 9.17) is 15.7 Å². The van der Waals surface area contributed by atoms with E-state index in [1.165, 1.54) is 0 Å². The molecule has 9 nitrogen and oxygen atoms in total. The maximum atomic E-state index is 16.5. The second-order valence-corrected chi connectivity index (χ2v) is 14.8. The van der Waals surface area contributed by atoms with Crippen molar-refractivity contribution in [3.63, 3.8) is 0 Å². The van der Waals surface area contributed by atoms with E-state index >= 15 is 17.6 Å². The van der Waals surface area contributed by atoms with Crippen LogP contribution in [-0.2, 0) is 21.1 Å². The van der Waals surface area contributed by atoms with Crippen LogP contribution in [-0.4, -0.2) is 33.0 Å². The number of benzene rings is 1. The highest BCUT2D eigenvalue weighted by atomic mass is 19.2. The SMILES string of the molecule is C[n+]1ccc(-c2c3nc(c(-c4cc[n+](C)cc4)c4ccc([nH]4)c(-c4c(F)c(F)c(NCCCN)c(F)c4F)c4nc(c(-c5cc[n+](C)cc5)c5ccc2[nH]5)C=C4)C=C3)cc1. The molecule has 6 aromatic heterocycles. The van der Waals surface area contributed by atoms with E-state index in [2.05, 4.69) is 15.3 Å². The average Bonchev–Trinajstić information content (AvgIpc) is 4.10. The molecule has 0 spiro atoms. The molecule has 0 radical (unpaired) electrons. The third-order valence-corrected chi connectivity index (χ3v) is 10.8. The molecule has 2 aliphatic heterocycles. The van der Waals surface area contributed by atoms with Crippen LogP contribution in [0.5, 0.6) is 0 Å². The number of hydrogen-bond acceptors (Lipinski definition) is 4. The van der Waals surface area contributed by atoms with Crippen molar-refractivity contribution in [1.29, 1.82) is 0 Å².